The van der Waals surface area contributed by atoms with Gasteiger partial charge in [0.2, 0.25) is 5.91 Å². The molecule has 0 saturated heterocycles. The van der Waals surface area contributed by atoms with E-state index in [1.165, 1.54) is 5.56 Å². The van der Waals surface area contributed by atoms with Crippen molar-refractivity contribution in [2.24, 2.45) is 0 Å². The van der Waals surface area contributed by atoms with Gasteiger partial charge in [0.1, 0.15) is 5.75 Å². The van der Waals surface area contributed by atoms with Crippen LogP contribution in [-0.2, 0) is 11.2 Å². The SMILES string of the molecule is CCOc1cccc2c1NC(=O)CCC2. The molecular formula is C12H15NO2. The van der Waals surface area contributed by atoms with Crippen LogP contribution in [0.2, 0.25) is 0 Å². The molecule has 0 aromatic heterocycles. The number of carbonyl (C=O) groups excluding carboxylic acids is 1. The van der Waals surface area contributed by atoms with Crippen LogP contribution in [0.3, 0.4) is 0 Å². The summed E-state index contributed by atoms with van der Waals surface area (Å²) in [5.41, 5.74) is 2.04. The van der Waals surface area contributed by atoms with Crippen molar-refractivity contribution in [2.75, 3.05) is 11.9 Å². The van der Waals surface area contributed by atoms with Crippen LogP contribution in [0.25, 0.3) is 0 Å². The summed E-state index contributed by atoms with van der Waals surface area (Å²) in [6.45, 7) is 2.56. The number of nitrogens with one attached hydrogen (secondary N) is 1. The first-order valence-electron chi connectivity index (χ1n) is 5.36. The number of carbonyl (C=O) groups is 1. The van der Waals surface area contributed by atoms with Crippen LogP contribution >= 0.6 is 0 Å². The summed E-state index contributed by atoms with van der Waals surface area (Å²) in [6, 6.07) is 5.92. The van der Waals surface area contributed by atoms with Gasteiger partial charge in [-0.1, -0.05) is 12.1 Å². The fraction of sp³-hybridized carbons (Fsp3) is 0.417. The molecule has 1 N–H and O–H groups in total. The Morgan fingerprint density at radius 2 is 2.27 bits per heavy atom. The fourth-order valence-corrected chi connectivity index (χ4v) is 1.84. The maximum absolute atomic E-state index is 11.4. The highest BCUT2D eigenvalue weighted by Gasteiger charge is 2.16. The molecule has 1 heterocycles. The standard InChI is InChI=1S/C12H15NO2/c1-2-15-10-7-3-5-9-6-4-8-11(14)13-12(9)10/h3,5,7H,2,4,6,8H2,1H3,(H,13,14). The van der Waals surface area contributed by atoms with Gasteiger partial charge in [-0.15, -0.1) is 0 Å². The summed E-state index contributed by atoms with van der Waals surface area (Å²) in [5.74, 6) is 0.867. The lowest BCUT2D eigenvalue weighted by molar-refractivity contribution is -0.116. The Hall–Kier alpha value is -1.51. The van der Waals surface area contributed by atoms with E-state index in [0.717, 1.165) is 24.3 Å². The predicted octanol–water partition coefficient (Wildman–Crippen LogP) is 2.36. The molecule has 3 nitrogen and oxygen atoms in total. The molecule has 0 radical (unpaired) electrons. The molecule has 3 heteroatoms. The molecular weight excluding hydrogens is 190 g/mol. The highest BCUT2D eigenvalue weighted by atomic mass is 16.5. The Morgan fingerprint density at radius 3 is 3.07 bits per heavy atom. The Labute approximate surface area is 89.4 Å². The average molecular weight is 205 g/mol. The van der Waals surface area contributed by atoms with Gasteiger partial charge in [0.05, 0.1) is 12.3 Å². The van der Waals surface area contributed by atoms with Crippen LogP contribution in [0.1, 0.15) is 25.3 Å². The van der Waals surface area contributed by atoms with Crippen LogP contribution in [-0.4, -0.2) is 12.5 Å². The molecule has 0 unspecified atom stereocenters. The smallest absolute Gasteiger partial charge is 0.224 e. The van der Waals surface area contributed by atoms with Gasteiger partial charge in [-0.2, -0.15) is 0 Å². The molecule has 2 rings (SSSR count). The summed E-state index contributed by atoms with van der Waals surface area (Å²) in [6.07, 6.45) is 2.45. The summed E-state index contributed by atoms with van der Waals surface area (Å²) in [5, 5.41) is 2.91. The second kappa shape index (κ2) is 4.34. The summed E-state index contributed by atoms with van der Waals surface area (Å²) in [4.78, 5) is 11.4. The molecule has 15 heavy (non-hydrogen) atoms. The zero-order chi connectivity index (χ0) is 10.7. The van der Waals surface area contributed by atoms with Gasteiger partial charge in [0.25, 0.3) is 0 Å². The molecule has 0 spiro atoms. The van der Waals surface area contributed by atoms with Crippen molar-refractivity contribution in [1.29, 1.82) is 0 Å². The van der Waals surface area contributed by atoms with E-state index >= 15 is 0 Å². The lowest BCUT2D eigenvalue weighted by Crippen LogP contribution is -2.10. The first kappa shape index (κ1) is 10.0. The number of aryl methyl sites for hydroxylation is 1. The number of benzene rings is 1. The van der Waals surface area contributed by atoms with E-state index in [1.54, 1.807) is 0 Å². The van der Waals surface area contributed by atoms with E-state index in [-0.39, 0.29) is 5.91 Å². The minimum atomic E-state index is 0.0842. The van der Waals surface area contributed by atoms with Gasteiger partial charge in [-0.05, 0) is 31.4 Å². The Balaban J connectivity index is 2.38. The Kier molecular flexibility index (Phi) is 2.90. The van der Waals surface area contributed by atoms with Gasteiger partial charge in [0, 0.05) is 6.42 Å². The van der Waals surface area contributed by atoms with Crippen LogP contribution < -0.4 is 10.1 Å². The fourth-order valence-electron chi connectivity index (χ4n) is 1.84. The van der Waals surface area contributed by atoms with Crippen LogP contribution in [0, 0.1) is 0 Å². The Morgan fingerprint density at radius 1 is 1.40 bits per heavy atom. The molecule has 0 bridgehead atoms. The highest BCUT2D eigenvalue weighted by Crippen LogP contribution is 2.31. The van der Waals surface area contributed by atoms with Gasteiger partial charge in [-0.3, -0.25) is 4.79 Å². The number of fused-ring (bicyclic) bond motifs is 1. The summed E-state index contributed by atoms with van der Waals surface area (Å²) >= 11 is 0. The van der Waals surface area contributed by atoms with Gasteiger partial charge in [-0.25, -0.2) is 0 Å². The van der Waals surface area contributed by atoms with Crippen molar-refractivity contribution in [3.8, 4) is 5.75 Å². The van der Waals surface area contributed by atoms with Crippen LogP contribution in [0.15, 0.2) is 18.2 Å². The van der Waals surface area contributed by atoms with E-state index in [9.17, 15) is 4.79 Å². The highest BCUT2D eigenvalue weighted by molar-refractivity contribution is 5.94. The summed E-state index contributed by atoms with van der Waals surface area (Å²) < 4.78 is 5.49. The van der Waals surface area contributed by atoms with E-state index in [0.29, 0.717) is 13.0 Å². The van der Waals surface area contributed by atoms with Crippen molar-refractivity contribution in [3.63, 3.8) is 0 Å². The third-order valence-corrected chi connectivity index (χ3v) is 2.53. The third-order valence-electron chi connectivity index (χ3n) is 2.53. The first-order chi connectivity index (χ1) is 7.31. The zero-order valence-electron chi connectivity index (χ0n) is 8.88. The molecule has 1 amide bonds. The first-order valence-corrected chi connectivity index (χ1v) is 5.36. The lowest BCUT2D eigenvalue weighted by Gasteiger charge is -2.12. The lowest BCUT2D eigenvalue weighted by atomic mass is 10.1. The average Bonchev–Trinajstić information content (AvgIpc) is 2.40. The molecule has 0 aliphatic carbocycles. The molecule has 0 atom stereocenters. The van der Waals surface area contributed by atoms with Crippen molar-refractivity contribution in [1.82, 2.24) is 0 Å². The Bertz CT molecular complexity index is 374. The summed E-state index contributed by atoms with van der Waals surface area (Å²) in [7, 11) is 0. The van der Waals surface area contributed by atoms with Crippen LogP contribution in [0.4, 0.5) is 5.69 Å². The molecule has 0 saturated carbocycles. The number of hydrogen-bond acceptors (Lipinski definition) is 2. The minimum Gasteiger partial charge on any atom is -0.492 e. The molecule has 80 valence electrons. The number of rotatable bonds is 2. The van der Waals surface area contributed by atoms with E-state index in [2.05, 4.69) is 5.32 Å². The molecule has 1 aliphatic rings. The monoisotopic (exact) mass is 205 g/mol. The van der Waals surface area contributed by atoms with Crippen molar-refractivity contribution in [3.05, 3.63) is 23.8 Å². The van der Waals surface area contributed by atoms with E-state index in [1.807, 2.05) is 25.1 Å². The van der Waals surface area contributed by atoms with Gasteiger partial charge < -0.3 is 10.1 Å². The largest absolute Gasteiger partial charge is 0.492 e. The van der Waals surface area contributed by atoms with Crippen molar-refractivity contribution < 1.29 is 9.53 Å². The van der Waals surface area contributed by atoms with Gasteiger partial charge >= 0.3 is 0 Å². The van der Waals surface area contributed by atoms with E-state index < -0.39 is 0 Å². The van der Waals surface area contributed by atoms with Crippen molar-refractivity contribution >= 4 is 11.6 Å². The zero-order valence-corrected chi connectivity index (χ0v) is 8.88. The normalized spacial score (nSPS) is 15.1. The molecule has 1 aliphatic heterocycles. The van der Waals surface area contributed by atoms with Crippen molar-refractivity contribution in [2.45, 2.75) is 26.2 Å². The molecule has 1 aromatic carbocycles. The number of para-hydroxylation sites is 1. The predicted molar refractivity (Wildman–Crippen MR) is 59.2 cm³/mol. The van der Waals surface area contributed by atoms with E-state index in [4.69, 9.17) is 4.74 Å². The van der Waals surface area contributed by atoms with Crippen LogP contribution in [0.5, 0.6) is 5.75 Å². The number of ether oxygens (including phenoxy) is 1. The molecule has 0 fully saturated rings. The second-order valence-corrected chi connectivity index (χ2v) is 3.63. The minimum absolute atomic E-state index is 0.0842. The topological polar surface area (TPSA) is 38.3 Å². The number of anilines is 1. The maximum atomic E-state index is 11.4. The second-order valence-electron chi connectivity index (χ2n) is 3.63. The maximum Gasteiger partial charge on any atom is 0.224 e. The van der Waals surface area contributed by atoms with Gasteiger partial charge in [0.15, 0.2) is 0 Å². The quantitative estimate of drug-likeness (QED) is 0.804. The number of hydrogen-bond donors (Lipinski definition) is 1. The molecule has 1 aromatic rings. The number of amides is 1. The third kappa shape index (κ3) is 2.12.